The summed E-state index contributed by atoms with van der Waals surface area (Å²) in [7, 11) is 1.78. The molecule has 2 rings (SSSR count). The van der Waals surface area contributed by atoms with E-state index in [-0.39, 0.29) is 5.17 Å². The molecule has 5 nitrogen and oxygen atoms in total. The summed E-state index contributed by atoms with van der Waals surface area (Å²) in [6, 6.07) is 3.65. The summed E-state index contributed by atoms with van der Waals surface area (Å²) >= 11 is 0. The summed E-state index contributed by atoms with van der Waals surface area (Å²) in [5.41, 5.74) is 3.45. The Kier molecular flexibility index (Phi) is 1.28. The fourth-order valence-corrected chi connectivity index (χ4v) is 1.11. The Bertz CT molecular complexity index is 250. The highest BCUT2D eigenvalue weighted by Crippen LogP contribution is 2.18. The van der Waals surface area contributed by atoms with Crippen molar-refractivity contribution in [1.82, 2.24) is 10.5 Å². The molecule has 1 unspecified atom stereocenters. The van der Waals surface area contributed by atoms with Gasteiger partial charge in [-0.2, -0.15) is 0 Å². The molecular formula is C6H8N4O. The third kappa shape index (κ3) is 0.864. The molecule has 5 heteroatoms. The number of aromatic nitrogens is 1. The summed E-state index contributed by atoms with van der Waals surface area (Å²) < 4.78 is 0. The highest BCUT2D eigenvalue weighted by molar-refractivity contribution is 5.58. The topological polar surface area (TPSA) is 55.7 Å². The lowest BCUT2D eigenvalue weighted by Gasteiger charge is -2.13. The minimum atomic E-state index is -0.136. The average molecular weight is 152 g/mol. The van der Waals surface area contributed by atoms with E-state index < -0.39 is 0 Å². The highest BCUT2D eigenvalue weighted by Gasteiger charge is 2.23. The van der Waals surface area contributed by atoms with Gasteiger partial charge in [0.05, 0.1) is 0 Å². The Morgan fingerprint density at radius 1 is 1.73 bits per heavy atom. The smallest absolute Gasteiger partial charge is 0.272 e. The van der Waals surface area contributed by atoms with Crippen LogP contribution in [0.25, 0.3) is 0 Å². The first-order valence-corrected chi connectivity index (χ1v) is 3.29. The number of hydrogen-bond acceptors (Lipinski definition) is 4. The Balaban J connectivity index is 2.52. The van der Waals surface area contributed by atoms with Crippen LogP contribution in [0.3, 0.4) is 0 Å². The van der Waals surface area contributed by atoms with E-state index in [0.717, 1.165) is 5.69 Å². The molecule has 0 bridgehead atoms. The molecule has 1 atom stereocenters. The number of rotatable bonds is 0. The molecule has 0 saturated heterocycles. The number of hydrazine groups is 1. The normalized spacial score (nSPS) is 22.0. The van der Waals surface area contributed by atoms with Crippen LogP contribution < -0.4 is 15.7 Å². The first-order chi connectivity index (χ1) is 5.29. The van der Waals surface area contributed by atoms with Crippen molar-refractivity contribution in [3.05, 3.63) is 23.5 Å². The van der Waals surface area contributed by atoms with Crippen molar-refractivity contribution in [2.75, 3.05) is 12.1 Å². The predicted molar refractivity (Wildman–Crippen MR) is 39.8 cm³/mol. The van der Waals surface area contributed by atoms with Crippen molar-refractivity contribution in [3.63, 3.8) is 0 Å². The molecule has 0 aromatic carbocycles. The molecular weight excluding hydrogens is 144 g/mol. The minimum absolute atomic E-state index is 0.136. The molecule has 1 aromatic heterocycles. The Morgan fingerprint density at radius 3 is 3.27 bits per heavy atom. The SMILES string of the molecule is CN1N[NH+]([O-])c2ncccc21. The maximum atomic E-state index is 11.1. The molecule has 0 aliphatic carbocycles. The number of nitrogens with one attached hydrogen (secondary N) is 2. The van der Waals surface area contributed by atoms with Gasteiger partial charge in [0.1, 0.15) is 5.69 Å². The molecule has 1 aliphatic heterocycles. The second kappa shape index (κ2) is 2.16. The van der Waals surface area contributed by atoms with Gasteiger partial charge in [-0.3, -0.25) is 5.01 Å². The van der Waals surface area contributed by atoms with Crippen LogP contribution in [0.15, 0.2) is 18.3 Å². The standard InChI is InChI=1S/C6H8N4O/c1-9-5-3-2-4-7-6(5)10(11)8-9/h2-4,8,10H,1H3. The van der Waals surface area contributed by atoms with Crippen LogP contribution in [0, 0.1) is 5.21 Å². The van der Waals surface area contributed by atoms with E-state index >= 15 is 0 Å². The predicted octanol–water partition coefficient (Wildman–Crippen LogP) is -1.03. The average Bonchev–Trinajstić information content (AvgIpc) is 2.30. The van der Waals surface area contributed by atoms with Crippen LogP contribution in [-0.2, 0) is 0 Å². The van der Waals surface area contributed by atoms with E-state index in [2.05, 4.69) is 10.5 Å². The molecule has 1 aliphatic rings. The summed E-state index contributed by atoms with van der Waals surface area (Å²) in [5.74, 6) is 0.495. The van der Waals surface area contributed by atoms with E-state index in [1.807, 2.05) is 6.07 Å². The second-order valence-electron chi connectivity index (χ2n) is 2.37. The second-order valence-corrected chi connectivity index (χ2v) is 2.37. The quantitative estimate of drug-likeness (QED) is 0.466. The third-order valence-electron chi connectivity index (χ3n) is 1.63. The number of anilines is 1. The van der Waals surface area contributed by atoms with Crippen molar-refractivity contribution in [2.45, 2.75) is 0 Å². The molecule has 58 valence electrons. The molecule has 0 radical (unpaired) electrons. The lowest BCUT2D eigenvalue weighted by atomic mass is 10.4. The minimum Gasteiger partial charge on any atom is -0.605 e. The van der Waals surface area contributed by atoms with Crippen molar-refractivity contribution < 1.29 is 5.17 Å². The van der Waals surface area contributed by atoms with Gasteiger partial charge in [0.2, 0.25) is 0 Å². The molecule has 2 heterocycles. The fourth-order valence-electron chi connectivity index (χ4n) is 1.11. The number of quaternary nitrogens is 1. The Labute approximate surface area is 63.8 Å². The van der Waals surface area contributed by atoms with Gasteiger partial charge < -0.3 is 5.21 Å². The summed E-state index contributed by atoms with van der Waals surface area (Å²) in [5, 5.41) is 12.6. The van der Waals surface area contributed by atoms with Gasteiger partial charge in [-0.1, -0.05) is 5.53 Å². The first-order valence-electron chi connectivity index (χ1n) is 3.29. The van der Waals surface area contributed by atoms with E-state index in [9.17, 15) is 5.21 Å². The molecule has 0 spiro atoms. The Hall–Kier alpha value is -1.17. The fraction of sp³-hybridized carbons (Fsp3) is 0.167. The van der Waals surface area contributed by atoms with Gasteiger partial charge in [-0.05, 0) is 12.1 Å². The number of fused-ring (bicyclic) bond motifs is 1. The summed E-state index contributed by atoms with van der Waals surface area (Å²) in [6.45, 7) is 0. The van der Waals surface area contributed by atoms with Gasteiger partial charge in [0, 0.05) is 13.2 Å². The molecule has 0 saturated carbocycles. The van der Waals surface area contributed by atoms with Crippen molar-refractivity contribution >= 4 is 11.5 Å². The third-order valence-corrected chi connectivity index (χ3v) is 1.63. The molecule has 0 fully saturated rings. The van der Waals surface area contributed by atoms with Crippen molar-refractivity contribution in [2.24, 2.45) is 0 Å². The van der Waals surface area contributed by atoms with Crippen LogP contribution in [0.5, 0.6) is 0 Å². The van der Waals surface area contributed by atoms with Crippen LogP contribution in [0.4, 0.5) is 11.5 Å². The van der Waals surface area contributed by atoms with E-state index in [1.165, 1.54) is 0 Å². The molecule has 11 heavy (non-hydrogen) atoms. The zero-order valence-corrected chi connectivity index (χ0v) is 6.03. The highest BCUT2D eigenvalue weighted by atomic mass is 16.6. The van der Waals surface area contributed by atoms with Crippen molar-refractivity contribution in [3.8, 4) is 0 Å². The lowest BCUT2D eigenvalue weighted by molar-refractivity contribution is -0.824. The van der Waals surface area contributed by atoms with E-state index in [0.29, 0.717) is 5.82 Å². The first kappa shape index (κ1) is 6.53. The number of hydrogen-bond donors (Lipinski definition) is 2. The monoisotopic (exact) mass is 152 g/mol. The van der Waals surface area contributed by atoms with Crippen LogP contribution in [0.1, 0.15) is 0 Å². The maximum absolute atomic E-state index is 11.1. The molecule has 2 N–H and O–H groups in total. The van der Waals surface area contributed by atoms with Crippen LogP contribution >= 0.6 is 0 Å². The summed E-state index contributed by atoms with van der Waals surface area (Å²) in [6.07, 6.45) is 1.61. The molecule has 0 amide bonds. The maximum Gasteiger partial charge on any atom is 0.272 e. The van der Waals surface area contributed by atoms with Gasteiger partial charge >= 0.3 is 0 Å². The van der Waals surface area contributed by atoms with E-state index in [4.69, 9.17) is 0 Å². The van der Waals surface area contributed by atoms with Crippen molar-refractivity contribution in [1.29, 1.82) is 0 Å². The van der Waals surface area contributed by atoms with Crippen LogP contribution in [0.2, 0.25) is 0 Å². The zero-order valence-electron chi connectivity index (χ0n) is 6.03. The van der Waals surface area contributed by atoms with Gasteiger partial charge in [-0.15, -0.1) is 0 Å². The van der Waals surface area contributed by atoms with Crippen LogP contribution in [-0.4, -0.2) is 12.0 Å². The van der Waals surface area contributed by atoms with Gasteiger partial charge in [0.25, 0.3) is 5.82 Å². The largest absolute Gasteiger partial charge is 0.605 e. The molecule has 1 aromatic rings. The van der Waals surface area contributed by atoms with Gasteiger partial charge in [-0.25, -0.2) is 10.2 Å². The van der Waals surface area contributed by atoms with E-state index in [1.54, 1.807) is 24.3 Å². The zero-order chi connectivity index (χ0) is 7.84. The number of nitrogens with zero attached hydrogens (tertiary/aromatic N) is 2. The summed E-state index contributed by atoms with van der Waals surface area (Å²) in [4.78, 5) is 3.94. The Morgan fingerprint density at radius 2 is 2.55 bits per heavy atom. The lowest BCUT2D eigenvalue weighted by Crippen LogP contribution is -3.09. The van der Waals surface area contributed by atoms with Gasteiger partial charge in [0.15, 0.2) is 0 Å². The number of pyridine rings is 1.